The van der Waals surface area contributed by atoms with Gasteiger partial charge in [0.05, 0.1) is 9.97 Å². The highest BCUT2D eigenvalue weighted by Gasteiger charge is 2.46. The smallest absolute Gasteiger partial charge is 0.410 e. The molecule has 1 saturated carbocycles. The Morgan fingerprint density at radius 1 is 1.32 bits per heavy atom. The molecule has 1 amide bonds. The van der Waals surface area contributed by atoms with Crippen LogP contribution >= 0.6 is 22.6 Å². The summed E-state index contributed by atoms with van der Waals surface area (Å²) >= 11 is 2.45. The summed E-state index contributed by atoms with van der Waals surface area (Å²) in [4.78, 5) is 14.0. The van der Waals surface area contributed by atoms with Gasteiger partial charge in [0.25, 0.3) is 0 Å². The number of amides is 1. The first kappa shape index (κ1) is 13.7. The molecule has 19 heavy (non-hydrogen) atoms. The summed E-state index contributed by atoms with van der Waals surface area (Å²) in [6.45, 7) is 0.856. The number of carbonyl (C=O) groups is 1. The van der Waals surface area contributed by atoms with Gasteiger partial charge in [-0.25, -0.2) is 4.79 Å². The Kier molecular flexibility index (Phi) is 4.34. The van der Waals surface area contributed by atoms with Gasteiger partial charge in [-0.05, 0) is 44.9 Å². The number of allylic oxidation sites excluding steroid dienone is 1. The van der Waals surface area contributed by atoms with E-state index in [9.17, 15) is 4.79 Å². The van der Waals surface area contributed by atoms with E-state index in [1.54, 1.807) is 5.57 Å². The molecule has 0 N–H and O–H groups in total. The van der Waals surface area contributed by atoms with Crippen LogP contribution in [0.15, 0.2) is 11.6 Å². The van der Waals surface area contributed by atoms with E-state index in [2.05, 4.69) is 28.7 Å². The molecule has 0 aromatic carbocycles. The molecule has 0 aromatic heterocycles. The number of alkyl halides is 1. The second-order valence-electron chi connectivity index (χ2n) is 5.91. The Labute approximate surface area is 128 Å². The van der Waals surface area contributed by atoms with Crippen molar-refractivity contribution in [2.24, 2.45) is 0 Å². The fraction of sp³-hybridized carbons (Fsp3) is 0.800. The van der Waals surface area contributed by atoms with Gasteiger partial charge in [-0.15, -0.1) is 0 Å². The molecule has 3 atom stereocenters. The number of fused-ring (bicyclic) bond motifs is 1. The van der Waals surface area contributed by atoms with Crippen LogP contribution in [0.3, 0.4) is 0 Å². The molecule has 4 heteroatoms. The molecule has 3 nitrogen and oxygen atoms in total. The summed E-state index contributed by atoms with van der Waals surface area (Å²) in [6.07, 6.45) is 12.1. The van der Waals surface area contributed by atoms with Crippen molar-refractivity contribution >= 4 is 28.7 Å². The molecule has 2 fully saturated rings. The summed E-state index contributed by atoms with van der Waals surface area (Å²) < 4.78 is 6.09. The molecule has 3 aliphatic rings. The molecule has 0 radical (unpaired) electrons. The van der Waals surface area contributed by atoms with Crippen LogP contribution in [0.4, 0.5) is 4.79 Å². The summed E-state index contributed by atoms with van der Waals surface area (Å²) in [5, 5.41) is 0. The predicted octanol–water partition coefficient (Wildman–Crippen LogP) is 4.05. The van der Waals surface area contributed by atoms with Gasteiger partial charge in [0.1, 0.15) is 6.10 Å². The van der Waals surface area contributed by atoms with Crippen LogP contribution in [0.2, 0.25) is 0 Å². The summed E-state index contributed by atoms with van der Waals surface area (Å²) in [5.41, 5.74) is 1.55. The maximum absolute atomic E-state index is 12.0. The number of hydrogen-bond donors (Lipinski definition) is 0. The van der Waals surface area contributed by atoms with Crippen molar-refractivity contribution in [3.8, 4) is 0 Å². The van der Waals surface area contributed by atoms with Gasteiger partial charge in [-0.2, -0.15) is 0 Å². The zero-order chi connectivity index (χ0) is 13.2. The standard InChI is InChI=1S/C15H22INO2/c16-12-7-4-8-13-14(12)19-15(18)17(13)10-9-11-5-2-1-3-6-11/h5,12-14H,1-4,6-10H2/t12-,13-,14+/m0/s1. The number of rotatable bonds is 3. The third kappa shape index (κ3) is 2.93. The molecule has 3 rings (SSSR count). The number of hydrogen-bond acceptors (Lipinski definition) is 2. The first-order valence-electron chi connectivity index (χ1n) is 7.55. The van der Waals surface area contributed by atoms with E-state index in [4.69, 9.17) is 4.74 Å². The lowest BCUT2D eigenvalue weighted by Gasteiger charge is -2.31. The van der Waals surface area contributed by atoms with E-state index in [1.165, 1.54) is 38.5 Å². The molecular formula is C15H22INO2. The lowest BCUT2D eigenvalue weighted by molar-refractivity contribution is 0.121. The first-order valence-corrected chi connectivity index (χ1v) is 8.79. The van der Waals surface area contributed by atoms with Gasteiger partial charge in [-0.1, -0.05) is 40.7 Å². The minimum Gasteiger partial charge on any atom is -0.443 e. The number of halogens is 1. The maximum atomic E-state index is 12.0. The molecule has 1 heterocycles. The highest BCUT2D eigenvalue weighted by Crippen LogP contribution is 2.36. The van der Waals surface area contributed by atoms with Crippen molar-refractivity contribution in [2.45, 2.75) is 67.4 Å². The summed E-state index contributed by atoms with van der Waals surface area (Å²) in [7, 11) is 0. The average molecular weight is 375 g/mol. The summed E-state index contributed by atoms with van der Waals surface area (Å²) in [6, 6.07) is 0.340. The fourth-order valence-corrected chi connectivity index (χ4v) is 4.62. The van der Waals surface area contributed by atoms with E-state index in [0.29, 0.717) is 9.97 Å². The molecule has 1 saturated heterocycles. The highest BCUT2D eigenvalue weighted by molar-refractivity contribution is 14.1. The largest absolute Gasteiger partial charge is 0.443 e. The van der Waals surface area contributed by atoms with Gasteiger partial charge in [0, 0.05) is 6.54 Å². The third-order valence-electron chi connectivity index (χ3n) is 4.65. The third-order valence-corrected chi connectivity index (χ3v) is 5.98. The molecule has 1 aliphatic heterocycles. The zero-order valence-corrected chi connectivity index (χ0v) is 13.5. The van der Waals surface area contributed by atoms with E-state index in [-0.39, 0.29) is 12.2 Å². The van der Waals surface area contributed by atoms with E-state index >= 15 is 0 Å². The van der Waals surface area contributed by atoms with Crippen LogP contribution in [0.1, 0.15) is 51.4 Å². The fourth-order valence-electron chi connectivity index (χ4n) is 3.55. The molecule has 0 aromatic rings. The molecule has 0 bridgehead atoms. The molecular weight excluding hydrogens is 353 g/mol. The Balaban J connectivity index is 1.60. The van der Waals surface area contributed by atoms with Crippen LogP contribution in [-0.2, 0) is 4.74 Å². The van der Waals surface area contributed by atoms with Gasteiger partial charge in [0.15, 0.2) is 0 Å². The van der Waals surface area contributed by atoms with Crippen molar-refractivity contribution in [1.29, 1.82) is 0 Å². The second kappa shape index (κ2) is 6.02. The second-order valence-corrected chi connectivity index (χ2v) is 7.51. The number of ether oxygens (including phenoxy) is 1. The van der Waals surface area contributed by atoms with Gasteiger partial charge in [-0.3, -0.25) is 0 Å². The Hall–Kier alpha value is -0.260. The Morgan fingerprint density at radius 2 is 2.21 bits per heavy atom. The predicted molar refractivity (Wildman–Crippen MR) is 83.6 cm³/mol. The highest BCUT2D eigenvalue weighted by atomic mass is 127. The first-order chi connectivity index (χ1) is 9.25. The Morgan fingerprint density at radius 3 is 3.00 bits per heavy atom. The molecule has 106 valence electrons. The van der Waals surface area contributed by atoms with E-state index < -0.39 is 0 Å². The number of carbonyl (C=O) groups excluding carboxylic acids is 1. The minimum atomic E-state index is -0.0741. The minimum absolute atomic E-state index is 0.0741. The quantitative estimate of drug-likeness (QED) is 0.423. The maximum Gasteiger partial charge on any atom is 0.410 e. The van der Waals surface area contributed by atoms with Gasteiger partial charge >= 0.3 is 6.09 Å². The van der Waals surface area contributed by atoms with Crippen LogP contribution in [-0.4, -0.2) is 33.6 Å². The Bertz CT molecular complexity index is 382. The molecule has 0 unspecified atom stereocenters. The van der Waals surface area contributed by atoms with E-state index in [0.717, 1.165) is 19.4 Å². The average Bonchev–Trinajstić information content (AvgIpc) is 2.75. The normalized spacial score (nSPS) is 34.8. The van der Waals surface area contributed by atoms with Crippen LogP contribution < -0.4 is 0 Å². The lowest BCUT2D eigenvalue weighted by Crippen LogP contribution is -2.43. The monoisotopic (exact) mass is 375 g/mol. The lowest BCUT2D eigenvalue weighted by atomic mass is 9.91. The van der Waals surface area contributed by atoms with Crippen LogP contribution in [0.25, 0.3) is 0 Å². The molecule has 2 aliphatic carbocycles. The van der Waals surface area contributed by atoms with E-state index in [1.807, 2.05) is 4.90 Å². The van der Waals surface area contributed by atoms with Crippen molar-refractivity contribution < 1.29 is 9.53 Å². The van der Waals surface area contributed by atoms with Crippen molar-refractivity contribution in [2.75, 3.05) is 6.54 Å². The van der Waals surface area contributed by atoms with Crippen LogP contribution in [0.5, 0.6) is 0 Å². The van der Waals surface area contributed by atoms with Gasteiger partial charge < -0.3 is 9.64 Å². The van der Waals surface area contributed by atoms with Crippen LogP contribution in [0, 0.1) is 0 Å². The van der Waals surface area contributed by atoms with Gasteiger partial charge in [0.2, 0.25) is 0 Å². The van der Waals surface area contributed by atoms with Crippen molar-refractivity contribution in [1.82, 2.24) is 4.90 Å². The summed E-state index contributed by atoms with van der Waals surface area (Å²) in [5.74, 6) is 0. The number of nitrogens with zero attached hydrogens (tertiary/aromatic N) is 1. The van der Waals surface area contributed by atoms with Crippen molar-refractivity contribution in [3.63, 3.8) is 0 Å². The molecule has 0 spiro atoms. The van der Waals surface area contributed by atoms with Crippen molar-refractivity contribution in [3.05, 3.63) is 11.6 Å². The zero-order valence-electron chi connectivity index (χ0n) is 11.3. The topological polar surface area (TPSA) is 29.5 Å². The SMILES string of the molecule is O=C1O[C@@H]2[C@@H](I)CCC[C@@H]2N1CCC1=CCCCC1.